The van der Waals surface area contributed by atoms with Crippen molar-refractivity contribution in [2.45, 2.75) is 29.6 Å². The average Bonchev–Trinajstić information content (AvgIpc) is 2.94. The first kappa shape index (κ1) is 17.2. The van der Waals surface area contributed by atoms with Gasteiger partial charge in [-0.25, -0.2) is 0 Å². The standard InChI is InChI=1S/C10H4SSe.6CH3.2Sn/c1-3-9(11-7-1)5-6-10-4-2-8-12-10;;;;;;;;/h1-4H;6*1H3;;. The molecule has 0 aliphatic heterocycles. The summed E-state index contributed by atoms with van der Waals surface area (Å²) in [5.41, 5.74) is 0. The van der Waals surface area contributed by atoms with Gasteiger partial charge in [-0.1, -0.05) is 0 Å². The molecule has 0 amide bonds. The molecule has 0 saturated heterocycles. The summed E-state index contributed by atoms with van der Waals surface area (Å²) < 4.78 is 4.75. The molecule has 0 unspecified atom stereocenters. The molecule has 0 atom stereocenters. The second-order valence-electron chi connectivity index (χ2n) is 7.08. The minimum atomic E-state index is -1.89. The number of thiophene rings is 1. The Morgan fingerprint density at radius 3 is 2.05 bits per heavy atom. The zero-order valence-corrected chi connectivity index (χ0v) is 21.4. The van der Waals surface area contributed by atoms with E-state index in [0.29, 0.717) is 14.5 Å². The molecule has 20 heavy (non-hydrogen) atoms. The topological polar surface area (TPSA) is 0 Å². The van der Waals surface area contributed by atoms with Crippen LogP contribution in [0.1, 0.15) is 9.31 Å². The molecule has 2 aromatic rings. The molecule has 0 saturated carbocycles. The maximum absolute atomic E-state index is 3.42. The van der Waals surface area contributed by atoms with Crippen LogP contribution in [0.15, 0.2) is 24.3 Å². The third-order valence-electron chi connectivity index (χ3n) is 3.00. The molecule has 106 valence electrons. The molecule has 0 fully saturated rings. The van der Waals surface area contributed by atoms with E-state index in [1.54, 1.807) is 5.35 Å². The summed E-state index contributed by atoms with van der Waals surface area (Å²) in [5, 5.41) is 0. The van der Waals surface area contributed by atoms with Crippen molar-refractivity contribution < 1.29 is 0 Å². The molecule has 0 aromatic carbocycles. The Morgan fingerprint density at radius 1 is 0.850 bits per heavy atom. The fraction of sp³-hybridized carbons (Fsp3) is 0.375. The van der Waals surface area contributed by atoms with Gasteiger partial charge in [-0.2, -0.15) is 0 Å². The molecule has 2 heterocycles. The summed E-state index contributed by atoms with van der Waals surface area (Å²) >= 11 is -1.28. The normalized spacial score (nSPS) is 12.1. The fourth-order valence-electron chi connectivity index (χ4n) is 1.74. The summed E-state index contributed by atoms with van der Waals surface area (Å²) in [4.78, 5) is 16.1. The molecular weight excluding hydrogens is 541 g/mol. The van der Waals surface area contributed by atoms with Gasteiger partial charge in [0.25, 0.3) is 0 Å². The molecule has 0 N–H and O–H groups in total. The van der Waals surface area contributed by atoms with Crippen molar-refractivity contribution in [3.05, 3.63) is 33.6 Å². The van der Waals surface area contributed by atoms with Crippen molar-refractivity contribution >= 4 is 67.9 Å². The average molecular weight is 563 g/mol. The van der Waals surface area contributed by atoms with Crippen LogP contribution in [0.5, 0.6) is 0 Å². The van der Waals surface area contributed by atoms with Crippen molar-refractivity contribution in [1.82, 2.24) is 0 Å². The van der Waals surface area contributed by atoms with Gasteiger partial charge in [0.2, 0.25) is 0 Å². The first-order valence-corrected chi connectivity index (χ1v) is 29.4. The molecule has 0 nitrogen and oxygen atoms in total. The van der Waals surface area contributed by atoms with E-state index in [2.05, 4.69) is 65.7 Å². The van der Waals surface area contributed by atoms with Gasteiger partial charge < -0.3 is 0 Å². The van der Waals surface area contributed by atoms with Gasteiger partial charge in [-0.05, 0) is 0 Å². The van der Waals surface area contributed by atoms with Crippen LogP contribution in [-0.2, 0) is 0 Å². The van der Waals surface area contributed by atoms with Gasteiger partial charge in [-0.3, -0.25) is 0 Å². The Labute approximate surface area is 141 Å². The number of hydrogen-bond acceptors (Lipinski definition) is 1. The summed E-state index contributed by atoms with van der Waals surface area (Å²) in [6, 6.07) is 9.16. The quantitative estimate of drug-likeness (QED) is 0.389. The van der Waals surface area contributed by atoms with Crippen LogP contribution in [0.25, 0.3) is 0 Å². The fourth-order valence-corrected chi connectivity index (χ4v) is 17.6. The molecule has 4 heteroatoms. The van der Waals surface area contributed by atoms with Gasteiger partial charge in [0.1, 0.15) is 0 Å². The van der Waals surface area contributed by atoms with E-state index in [-0.39, 0.29) is 0 Å². The molecular formula is C16H22SSeSn2. The maximum atomic E-state index is 3.42. The predicted molar refractivity (Wildman–Crippen MR) is 99.6 cm³/mol. The van der Waals surface area contributed by atoms with E-state index < -0.39 is 36.8 Å². The first-order chi connectivity index (χ1) is 9.16. The van der Waals surface area contributed by atoms with Crippen LogP contribution >= 0.6 is 11.3 Å². The molecule has 0 aliphatic rings. The Morgan fingerprint density at radius 2 is 1.55 bits per heavy atom. The molecule has 2 rings (SSSR count). The molecule has 0 aliphatic carbocycles. The van der Waals surface area contributed by atoms with E-state index in [4.69, 9.17) is 0 Å². The Bertz CT molecular complexity index is 601. The number of rotatable bonds is 2. The third-order valence-corrected chi connectivity index (χ3v) is 30.0. The van der Waals surface area contributed by atoms with Gasteiger partial charge in [0.05, 0.1) is 0 Å². The van der Waals surface area contributed by atoms with Crippen molar-refractivity contribution in [3.63, 3.8) is 0 Å². The number of hydrogen-bond donors (Lipinski definition) is 0. The second kappa shape index (κ2) is 6.54. The summed E-state index contributed by atoms with van der Waals surface area (Å²) in [5.74, 6) is 6.81. The van der Waals surface area contributed by atoms with Gasteiger partial charge >= 0.3 is 143 Å². The van der Waals surface area contributed by atoms with Crippen LogP contribution in [0.4, 0.5) is 0 Å². The Hall–Kier alpha value is 0.857. The van der Waals surface area contributed by atoms with Crippen molar-refractivity contribution in [2.24, 2.45) is 0 Å². The molecule has 0 spiro atoms. The summed E-state index contributed by atoms with van der Waals surface area (Å²) in [7, 11) is 0. The van der Waals surface area contributed by atoms with Crippen LogP contribution < -0.4 is 5.35 Å². The second-order valence-corrected chi connectivity index (χ2v) is 42.5. The predicted octanol–water partition coefficient (Wildman–Crippen LogP) is 3.30. The molecule has 0 bridgehead atoms. The van der Waals surface area contributed by atoms with E-state index in [9.17, 15) is 0 Å². The van der Waals surface area contributed by atoms with E-state index >= 15 is 0 Å². The summed E-state index contributed by atoms with van der Waals surface area (Å²) in [6.07, 6.45) is 0. The van der Waals surface area contributed by atoms with E-state index in [1.165, 1.54) is 9.31 Å². The van der Waals surface area contributed by atoms with Crippen molar-refractivity contribution in [1.29, 1.82) is 0 Å². The van der Waals surface area contributed by atoms with E-state index in [0.717, 1.165) is 0 Å². The third kappa shape index (κ3) is 4.68. The minimum absolute atomic E-state index is 0.519. The summed E-state index contributed by atoms with van der Waals surface area (Å²) in [6.45, 7) is 0. The van der Waals surface area contributed by atoms with Crippen molar-refractivity contribution in [2.75, 3.05) is 0 Å². The zero-order valence-electron chi connectivity index (χ0n) is 13.1. The van der Waals surface area contributed by atoms with Gasteiger partial charge in [0.15, 0.2) is 0 Å². The van der Waals surface area contributed by atoms with Crippen LogP contribution in [0, 0.1) is 11.8 Å². The monoisotopic (exact) mass is 566 g/mol. The van der Waals surface area contributed by atoms with Gasteiger partial charge in [0, 0.05) is 0 Å². The SMILES string of the molecule is [CH3][Sn]([CH3])([CH3])[c]1ccc(C#Cc2cc[c]([Sn]([CH3])([CH3])[CH3])[se]2)s1. The molecule has 0 radical (unpaired) electrons. The Kier molecular flexibility index (Phi) is 5.63. The van der Waals surface area contributed by atoms with E-state index in [1.807, 2.05) is 11.3 Å². The van der Waals surface area contributed by atoms with Crippen LogP contribution in [0.2, 0.25) is 29.6 Å². The Balaban J connectivity index is 2.19. The van der Waals surface area contributed by atoms with Crippen LogP contribution in [-0.4, -0.2) is 51.3 Å². The van der Waals surface area contributed by atoms with Crippen molar-refractivity contribution in [3.8, 4) is 11.8 Å². The zero-order chi connectivity index (χ0) is 15.0. The molecule has 2 aromatic heterocycles. The van der Waals surface area contributed by atoms with Crippen LogP contribution in [0.3, 0.4) is 0 Å². The van der Waals surface area contributed by atoms with Gasteiger partial charge in [-0.15, -0.1) is 0 Å². The first-order valence-electron chi connectivity index (χ1n) is 6.89.